The van der Waals surface area contributed by atoms with Crippen molar-refractivity contribution in [2.75, 3.05) is 0 Å². The Labute approximate surface area is 153 Å². The Morgan fingerprint density at radius 2 is 1.85 bits per heavy atom. The van der Waals surface area contributed by atoms with Crippen LogP contribution < -0.4 is 5.49 Å². The number of nitrogens with one attached hydrogen (secondary N) is 2. The normalized spacial score (nSPS) is 11.5. The Morgan fingerprint density at radius 1 is 1.19 bits per heavy atom. The van der Waals surface area contributed by atoms with Crippen LogP contribution in [0, 0.1) is 20.9 Å². The molecule has 3 aromatic rings. The van der Waals surface area contributed by atoms with E-state index in [1.807, 2.05) is 0 Å². The zero-order valence-corrected chi connectivity index (χ0v) is 14.1. The molecule has 2 N–H and O–H groups in total. The van der Waals surface area contributed by atoms with Gasteiger partial charge < -0.3 is 0 Å². The van der Waals surface area contributed by atoms with Gasteiger partial charge in [-0.3, -0.25) is 25.5 Å². The minimum Gasteiger partial charge on any atom is -0.282 e. The third-order valence-corrected chi connectivity index (χ3v) is 4.49. The first kappa shape index (κ1) is 18.6. The second-order valence-electron chi connectivity index (χ2n) is 5.29. The molecule has 0 bridgehead atoms. The van der Waals surface area contributed by atoms with Crippen LogP contribution in [0.15, 0.2) is 58.5 Å². The number of benzene rings is 2. The van der Waals surface area contributed by atoms with E-state index in [-0.39, 0.29) is 16.1 Å². The first-order chi connectivity index (χ1) is 12.7. The lowest BCUT2D eigenvalue weighted by Crippen LogP contribution is -2.38. The van der Waals surface area contributed by atoms with Gasteiger partial charge in [-0.1, -0.05) is 30.0 Å². The van der Waals surface area contributed by atoms with E-state index in [0.29, 0.717) is 9.46 Å². The first-order valence-electron chi connectivity index (χ1n) is 7.33. The topological polar surface area (TPSA) is 109 Å². The quantitative estimate of drug-likeness (QED) is 0.304. The Kier molecular flexibility index (Phi) is 4.70. The van der Waals surface area contributed by atoms with E-state index in [0.717, 1.165) is 23.9 Å². The monoisotopic (exact) mass is 393 g/mol. The number of alkyl halides is 3. The molecule has 27 heavy (non-hydrogen) atoms. The largest absolute Gasteiger partial charge is 0.449 e. The molecule has 138 valence electrons. The lowest BCUT2D eigenvalue weighted by atomic mass is 10.2. The lowest BCUT2D eigenvalue weighted by Gasteiger charge is -2.16. The molecule has 0 atom stereocenters. The summed E-state index contributed by atoms with van der Waals surface area (Å²) < 4.78 is 39.8. The summed E-state index contributed by atoms with van der Waals surface area (Å²) >= 11 is 0.964. The fourth-order valence-electron chi connectivity index (χ4n) is 2.31. The van der Waals surface area contributed by atoms with Crippen LogP contribution in [0.25, 0.3) is 11.0 Å². The molecule has 11 heteroatoms. The summed E-state index contributed by atoms with van der Waals surface area (Å²) in [7, 11) is 0. The molecule has 0 aliphatic carbocycles. The van der Waals surface area contributed by atoms with Gasteiger partial charge in [0.05, 0.1) is 16.0 Å². The molecule has 7 nitrogen and oxygen atoms in total. The summed E-state index contributed by atoms with van der Waals surface area (Å²) in [6.07, 6.45) is -5.05. The molecule has 0 spiro atoms. The van der Waals surface area contributed by atoms with Gasteiger partial charge in [0.1, 0.15) is 5.03 Å². The van der Waals surface area contributed by atoms with E-state index in [9.17, 15) is 23.3 Å². The molecule has 0 unspecified atom stereocenters. The summed E-state index contributed by atoms with van der Waals surface area (Å²) in [4.78, 5) is 15.0. The molecule has 0 fully saturated rings. The number of non-ortho nitro benzene ring substituents is 1. The molecule has 0 radical (unpaired) electrons. The van der Waals surface area contributed by atoms with Gasteiger partial charge in [-0.25, -0.2) is 4.98 Å². The van der Waals surface area contributed by atoms with E-state index >= 15 is 0 Å². The van der Waals surface area contributed by atoms with E-state index in [2.05, 4.69) is 4.98 Å². The Hall–Kier alpha value is -3.21. The van der Waals surface area contributed by atoms with Crippen molar-refractivity contribution >= 4 is 34.3 Å². The molecule has 2 aromatic carbocycles. The summed E-state index contributed by atoms with van der Waals surface area (Å²) in [5.74, 6) is -1.82. The van der Waals surface area contributed by atoms with Crippen molar-refractivity contribution in [1.29, 1.82) is 10.8 Å². The highest BCUT2D eigenvalue weighted by atomic mass is 32.2. The highest BCUT2D eigenvalue weighted by Crippen LogP contribution is 2.27. The van der Waals surface area contributed by atoms with Crippen LogP contribution >= 0.6 is 11.8 Å². The maximum atomic E-state index is 13.2. The van der Waals surface area contributed by atoms with Crippen LogP contribution in [0.3, 0.4) is 0 Å². The van der Waals surface area contributed by atoms with Crippen molar-refractivity contribution in [3.8, 4) is 0 Å². The number of hydrogen-bond donors (Lipinski definition) is 2. The predicted octanol–water partition coefficient (Wildman–Crippen LogP) is 3.96. The third kappa shape index (κ3) is 3.67. The van der Waals surface area contributed by atoms with Gasteiger partial charge in [-0.2, -0.15) is 13.2 Å². The van der Waals surface area contributed by atoms with Crippen LogP contribution in [0.2, 0.25) is 0 Å². The molecule has 0 saturated heterocycles. The molecular weight excluding hydrogens is 383 g/mol. The average molecular weight is 393 g/mol. The molecule has 3 rings (SSSR count). The van der Waals surface area contributed by atoms with Crippen molar-refractivity contribution in [1.82, 2.24) is 9.55 Å². The third-order valence-electron chi connectivity index (χ3n) is 3.51. The first-order valence-corrected chi connectivity index (χ1v) is 8.15. The van der Waals surface area contributed by atoms with Gasteiger partial charge in [0, 0.05) is 17.0 Å². The number of nitro benzene ring substituents is 1. The van der Waals surface area contributed by atoms with Crippen LogP contribution in [0.5, 0.6) is 0 Å². The number of hydrogen-bond acceptors (Lipinski definition) is 6. The number of halogens is 3. The molecule has 1 heterocycles. The maximum Gasteiger partial charge on any atom is 0.449 e. The van der Waals surface area contributed by atoms with E-state index in [1.165, 1.54) is 6.07 Å². The number of rotatable bonds is 3. The molecule has 0 aliphatic heterocycles. The van der Waals surface area contributed by atoms with E-state index < -0.39 is 28.1 Å². The van der Waals surface area contributed by atoms with Crippen LogP contribution in [-0.2, 0) is 0 Å². The van der Waals surface area contributed by atoms with Crippen molar-refractivity contribution in [2.45, 2.75) is 16.1 Å². The average Bonchev–Trinajstić information content (AvgIpc) is 2.61. The molecule has 0 amide bonds. The second kappa shape index (κ2) is 6.83. The summed E-state index contributed by atoms with van der Waals surface area (Å²) in [5.41, 5.74) is -1.48. The van der Waals surface area contributed by atoms with Gasteiger partial charge in [-0.15, -0.1) is 0 Å². The second-order valence-corrected chi connectivity index (χ2v) is 6.35. The van der Waals surface area contributed by atoms with Crippen LogP contribution in [0.4, 0.5) is 18.9 Å². The smallest absolute Gasteiger partial charge is 0.282 e. The van der Waals surface area contributed by atoms with Gasteiger partial charge >= 0.3 is 6.18 Å². The van der Waals surface area contributed by atoms with Crippen molar-refractivity contribution in [3.05, 3.63) is 64.1 Å². The van der Waals surface area contributed by atoms with Gasteiger partial charge in [0.25, 0.3) is 5.69 Å². The van der Waals surface area contributed by atoms with Crippen molar-refractivity contribution < 1.29 is 18.1 Å². The van der Waals surface area contributed by atoms with Crippen LogP contribution in [-0.4, -0.2) is 26.5 Å². The Bertz CT molecular complexity index is 1110. The fraction of sp³-hybridized carbons (Fsp3) is 0.0625. The van der Waals surface area contributed by atoms with Crippen molar-refractivity contribution in [2.24, 2.45) is 0 Å². The number of aromatic nitrogens is 2. The zero-order valence-electron chi connectivity index (χ0n) is 13.3. The lowest BCUT2D eigenvalue weighted by molar-refractivity contribution is -0.384. The predicted molar refractivity (Wildman–Crippen MR) is 92.0 cm³/mol. The highest BCUT2D eigenvalue weighted by Gasteiger charge is 2.37. The summed E-state index contributed by atoms with van der Waals surface area (Å²) in [6.45, 7) is 0. The summed E-state index contributed by atoms with van der Waals surface area (Å²) in [5, 5.41) is 26.5. The fourth-order valence-corrected chi connectivity index (χ4v) is 3.16. The molecule has 0 aliphatic rings. The zero-order chi connectivity index (χ0) is 19.8. The molecular formula is C16H10F3N5O2S. The molecule has 1 aromatic heterocycles. The standard InChI is InChI=1S/C16H10F3N5O2S/c17-16(18,19)15(21)23-12-8-9(24(25)26)6-7-11(12)22-14(13(23)20)27-10-4-2-1-3-5-10/h1-8,20-21H. The highest BCUT2D eigenvalue weighted by molar-refractivity contribution is 7.99. The van der Waals surface area contributed by atoms with E-state index in [4.69, 9.17) is 10.8 Å². The number of nitrogens with zero attached hydrogens (tertiary/aromatic N) is 3. The van der Waals surface area contributed by atoms with Gasteiger partial charge in [-0.05, 0) is 18.2 Å². The minimum atomic E-state index is -5.05. The van der Waals surface area contributed by atoms with Crippen molar-refractivity contribution in [3.63, 3.8) is 0 Å². The maximum absolute atomic E-state index is 13.2. The van der Waals surface area contributed by atoms with Crippen LogP contribution in [0.1, 0.15) is 0 Å². The summed E-state index contributed by atoms with van der Waals surface area (Å²) in [6, 6.07) is 11.8. The van der Waals surface area contributed by atoms with E-state index in [1.54, 1.807) is 30.3 Å². The minimum absolute atomic E-state index is 0.00373. The Balaban J connectivity index is 2.29. The Morgan fingerprint density at radius 3 is 2.44 bits per heavy atom. The molecule has 0 saturated carbocycles. The SMILES string of the molecule is N=C(n1c(=N)c(Sc2ccccc2)nc2ccc([N+](=O)[O-])cc21)C(F)(F)F. The van der Waals surface area contributed by atoms with Gasteiger partial charge in [0.2, 0.25) is 5.84 Å². The number of nitro groups is 1. The van der Waals surface area contributed by atoms with Gasteiger partial charge in [0.15, 0.2) is 5.49 Å². The number of fused-ring (bicyclic) bond motifs is 1.